The average Bonchev–Trinajstić information content (AvgIpc) is 3.17. The highest BCUT2D eigenvalue weighted by Crippen LogP contribution is 2.50. The van der Waals surface area contributed by atoms with Gasteiger partial charge in [-0.3, -0.25) is 0 Å². The van der Waals surface area contributed by atoms with Crippen LogP contribution in [-0.2, 0) is 0 Å². The molecule has 0 aliphatic heterocycles. The van der Waals surface area contributed by atoms with Crippen molar-refractivity contribution in [1.82, 2.24) is 19.5 Å². The lowest BCUT2D eigenvalue weighted by atomic mass is 9.96. The molecule has 0 amide bonds. The number of hydrogen-bond donors (Lipinski definition) is 1. The molecule has 1 N–H and O–H groups in total. The zero-order valence-corrected chi connectivity index (χ0v) is 12.2. The fraction of sp³-hybridized carbons (Fsp3) is 0.533. The summed E-state index contributed by atoms with van der Waals surface area (Å²) in [6.45, 7) is 0.253. The average molecular weight is 285 g/mol. The van der Waals surface area contributed by atoms with E-state index in [-0.39, 0.29) is 6.61 Å². The molecule has 2 aliphatic rings. The van der Waals surface area contributed by atoms with Gasteiger partial charge in [0.15, 0.2) is 17.0 Å². The lowest BCUT2D eigenvalue weighted by Crippen LogP contribution is -2.18. The molecule has 2 aromatic heterocycles. The van der Waals surface area contributed by atoms with E-state index in [1.54, 1.807) is 6.33 Å². The highest BCUT2D eigenvalue weighted by molar-refractivity contribution is 5.83. The predicted molar refractivity (Wildman–Crippen MR) is 80.0 cm³/mol. The number of fused-ring (bicyclic) bond motifs is 3. The third-order valence-corrected chi connectivity index (χ3v) is 4.91. The number of aromatic nitrogens is 4. The molecule has 0 aromatic carbocycles. The summed E-state index contributed by atoms with van der Waals surface area (Å²) in [6, 6.07) is 0.340. The second-order valence-corrected chi connectivity index (χ2v) is 6.19. The zero-order valence-electron chi connectivity index (χ0n) is 12.2. The summed E-state index contributed by atoms with van der Waals surface area (Å²) >= 11 is 0. The number of nitrogens with zero attached hydrogens (tertiary/aromatic N) is 5. The summed E-state index contributed by atoms with van der Waals surface area (Å²) in [5.41, 5.74) is 1.73. The molecular formula is C15H19N5O. The van der Waals surface area contributed by atoms with Crippen molar-refractivity contribution in [2.24, 2.45) is 17.8 Å². The largest absolute Gasteiger partial charge is 0.396 e. The van der Waals surface area contributed by atoms with E-state index in [9.17, 15) is 5.11 Å². The first-order chi connectivity index (χ1) is 10.2. The molecule has 6 nitrogen and oxygen atoms in total. The van der Waals surface area contributed by atoms with Crippen molar-refractivity contribution in [3.05, 3.63) is 24.8 Å². The monoisotopic (exact) mass is 285 g/mol. The summed E-state index contributed by atoms with van der Waals surface area (Å²) in [6.07, 6.45) is 9.03. The van der Waals surface area contributed by atoms with E-state index in [1.165, 1.54) is 0 Å². The van der Waals surface area contributed by atoms with Gasteiger partial charge >= 0.3 is 0 Å². The van der Waals surface area contributed by atoms with Gasteiger partial charge in [-0.2, -0.15) is 0 Å². The minimum atomic E-state index is 0.253. The van der Waals surface area contributed by atoms with Gasteiger partial charge in [-0.15, -0.1) is 0 Å². The Morgan fingerprint density at radius 2 is 2.14 bits per heavy atom. The fourth-order valence-corrected chi connectivity index (χ4v) is 3.91. The molecule has 0 radical (unpaired) electrons. The second kappa shape index (κ2) is 4.53. The predicted octanol–water partition coefficient (Wildman–Crippen LogP) is 1.25. The van der Waals surface area contributed by atoms with Crippen molar-refractivity contribution in [3.8, 4) is 0 Å². The molecule has 110 valence electrons. The summed E-state index contributed by atoms with van der Waals surface area (Å²) in [5.74, 6) is 2.06. The molecule has 2 aliphatic carbocycles. The molecule has 2 aromatic rings. The van der Waals surface area contributed by atoms with Crippen molar-refractivity contribution >= 4 is 17.0 Å². The number of hydrogen-bond acceptors (Lipinski definition) is 5. The van der Waals surface area contributed by atoms with Crippen LogP contribution in [0.4, 0.5) is 5.82 Å². The van der Waals surface area contributed by atoms with Crippen molar-refractivity contribution in [2.45, 2.75) is 12.5 Å². The van der Waals surface area contributed by atoms with Gasteiger partial charge < -0.3 is 14.6 Å². The maximum atomic E-state index is 9.60. The molecule has 0 saturated heterocycles. The minimum Gasteiger partial charge on any atom is -0.396 e. The van der Waals surface area contributed by atoms with E-state index in [4.69, 9.17) is 0 Å². The molecule has 4 rings (SSSR count). The maximum absolute atomic E-state index is 9.60. The Morgan fingerprint density at radius 1 is 1.29 bits per heavy atom. The standard InChI is InChI=1S/C15H19N5O/c1-19(2)14-13-15(17-7-16-14)20(8-18-13)12-5-9-3-4-10(12)11(9)6-21/h3-4,7-12,21H,5-6H2,1-2H3/t9-,10-,11-,12-/m0/s1. The van der Waals surface area contributed by atoms with E-state index >= 15 is 0 Å². The van der Waals surface area contributed by atoms with Crippen LogP contribution in [-0.4, -0.2) is 45.3 Å². The van der Waals surface area contributed by atoms with E-state index < -0.39 is 0 Å². The Labute approximate surface area is 123 Å². The molecule has 0 spiro atoms. The lowest BCUT2D eigenvalue weighted by molar-refractivity contribution is 0.193. The molecule has 21 heavy (non-hydrogen) atoms. The molecule has 1 saturated carbocycles. The molecular weight excluding hydrogens is 266 g/mol. The maximum Gasteiger partial charge on any atom is 0.165 e. The molecule has 6 heteroatoms. The van der Waals surface area contributed by atoms with E-state index in [2.05, 4.69) is 31.7 Å². The Bertz CT molecular complexity index is 707. The third kappa shape index (κ3) is 1.72. The van der Waals surface area contributed by atoms with Crippen LogP contribution in [0.25, 0.3) is 11.2 Å². The van der Waals surface area contributed by atoms with Crippen LogP contribution in [0.1, 0.15) is 12.5 Å². The van der Waals surface area contributed by atoms with Gasteiger partial charge in [0, 0.05) is 32.7 Å². The first-order valence-corrected chi connectivity index (χ1v) is 7.34. The summed E-state index contributed by atoms with van der Waals surface area (Å²) in [7, 11) is 3.92. The van der Waals surface area contributed by atoms with Gasteiger partial charge in [0.05, 0.1) is 6.33 Å². The molecule has 0 unspecified atom stereocenters. The van der Waals surface area contributed by atoms with E-state index in [1.807, 2.05) is 25.3 Å². The summed E-state index contributed by atoms with van der Waals surface area (Å²) < 4.78 is 2.17. The summed E-state index contributed by atoms with van der Waals surface area (Å²) in [4.78, 5) is 15.2. The first kappa shape index (κ1) is 12.8. The number of allylic oxidation sites excluding steroid dienone is 2. The van der Waals surface area contributed by atoms with Gasteiger partial charge in [0.25, 0.3) is 0 Å². The Hall–Kier alpha value is -1.95. The number of imidazole rings is 1. The van der Waals surface area contributed by atoms with Gasteiger partial charge in [0.1, 0.15) is 6.33 Å². The van der Waals surface area contributed by atoms with Crippen LogP contribution in [0.3, 0.4) is 0 Å². The van der Waals surface area contributed by atoms with Crippen molar-refractivity contribution in [2.75, 3.05) is 25.6 Å². The smallest absolute Gasteiger partial charge is 0.165 e. The van der Waals surface area contributed by atoms with Crippen molar-refractivity contribution in [3.63, 3.8) is 0 Å². The van der Waals surface area contributed by atoms with Crippen molar-refractivity contribution in [1.29, 1.82) is 0 Å². The SMILES string of the molecule is CN(C)c1ncnc2c1ncn2[C@H]1C[C@@H]2C=C[C@H]1[C@H]2CO. The number of anilines is 1. The Balaban J connectivity index is 1.79. The molecule has 2 heterocycles. The van der Waals surface area contributed by atoms with Crippen LogP contribution in [0.5, 0.6) is 0 Å². The van der Waals surface area contributed by atoms with Crippen molar-refractivity contribution < 1.29 is 5.11 Å². The topological polar surface area (TPSA) is 67.1 Å². The number of rotatable bonds is 3. The van der Waals surface area contributed by atoms with E-state index in [0.29, 0.717) is 23.8 Å². The van der Waals surface area contributed by atoms with Gasteiger partial charge in [-0.1, -0.05) is 12.2 Å². The third-order valence-electron chi connectivity index (χ3n) is 4.91. The van der Waals surface area contributed by atoms with Gasteiger partial charge in [-0.05, 0) is 18.3 Å². The summed E-state index contributed by atoms with van der Waals surface area (Å²) in [5, 5.41) is 9.60. The van der Waals surface area contributed by atoms with Crippen LogP contribution in [0.15, 0.2) is 24.8 Å². The van der Waals surface area contributed by atoms with Gasteiger partial charge in [-0.25, -0.2) is 15.0 Å². The van der Waals surface area contributed by atoms with E-state index in [0.717, 1.165) is 23.4 Å². The van der Waals surface area contributed by atoms with Crippen LogP contribution in [0.2, 0.25) is 0 Å². The molecule has 4 atom stereocenters. The van der Waals surface area contributed by atoms with Crippen LogP contribution in [0, 0.1) is 17.8 Å². The number of aliphatic hydroxyl groups is 1. The normalized spacial score (nSPS) is 30.4. The Morgan fingerprint density at radius 3 is 2.86 bits per heavy atom. The molecule has 2 bridgehead atoms. The molecule has 1 fully saturated rings. The highest BCUT2D eigenvalue weighted by atomic mass is 16.3. The quantitative estimate of drug-likeness (QED) is 0.860. The zero-order chi connectivity index (χ0) is 14.6. The first-order valence-electron chi connectivity index (χ1n) is 7.34. The highest BCUT2D eigenvalue weighted by Gasteiger charge is 2.45. The minimum absolute atomic E-state index is 0.253. The fourth-order valence-electron chi connectivity index (χ4n) is 3.91. The number of aliphatic hydroxyl groups excluding tert-OH is 1. The lowest BCUT2D eigenvalue weighted by Gasteiger charge is -2.21. The Kier molecular flexibility index (Phi) is 2.75. The van der Waals surface area contributed by atoms with Gasteiger partial charge in [0.2, 0.25) is 0 Å². The van der Waals surface area contributed by atoms with Crippen LogP contribution < -0.4 is 4.90 Å². The van der Waals surface area contributed by atoms with Crippen LogP contribution >= 0.6 is 0 Å². The second-order valence-electron chi connectivity index (χ2n) is 6.19.